The number of fused-ring (bicyclic) bond motifs is 6. The van der Waals surface area contributed by atoms with Crippen LogP contribution in [0.4, 0.5) is 0 Å². The second kappa shape index (κ2) is 13.9. The first-order valence-electron chi connectivity index (χ1n) is 17.1. The van der Waals surface area contributed by atoms with Gasteiger partial charge in [-0.25, -0.2) is 0 Å². The highest BCUT2D eigenvalue weighted by molar-refractivity contribution is 6.29. The van der Waals surface area contributed by atoms with E-state index in [1.807, 2.05) is 49.4 Å². The molecule has 0 bridgehead atoms. The zero-order chi connectivity index (χ0) is 35.6. The second-order valence-electron chi connectivity index (χ2n) is 12.7. The van der Waals surface area contributed by atoms with Crippen LogP contribution in [0.3, 0.4) is 0 Å². The van der Waals surface area contributed by atoms with E-state index < -0.39 is 0 Å². The molecule has 0 saturated heterocycles. The van der Waals surface area contributed by atoms with Crippen LogP contribution in [0.1, 0.15) is 116 Å². The van der Waals surface area contributed by atoms with E-state index in [9.17, 15) is 24.0 Å². The summed E-state index contributed by atoms with van der Waals surface area (Å²) in [6.45, 7) is 4.15. The Morgan fingerprint density at radius 2 is 0.647 bits per heavy atom. The Kier molecular flexibility index (Phi) is 9.03. The van der Waals surface area contributed by atoms with Gasteiger partial charge in [0.25, 0.3) is 0 Å². The fourth-order valence-corrected chi connectivity index (χ4v) is 6.87. The van der Waals surface area contributed by atoms with Gasteiger partial charge in [-0.15, -0.1) is 0 Å². The highest BCUT2D eigenvalue weighted by Crippen LogP contribution is 2.30. The molecule has 0 unspecified atom stereocenters. The molecule has 51 heavy (non-hydrogen) atoms. The molecular formula is C46H34O5. The molecule has 0 N–H and O–H groups in total. The molecule has 3 aliphatic carbocycles. The van der Waals surface area contributed by atoms with Gasteiger partial charge in [0.05, 0.1) is 0 Å². The second-order valence-corrected chi connectivity index (χ2v) is 12.7. The number of hydrogen-bond acceptors (Lipinski definition) is 5. The molecular weight excluding hydrogens is 633 g/mol. The smallest absolute Gasteiger partial charge is 0.194 e. The lowest BCUT2D eigenvalue weighted by Gasteiger charge is -2.18. The number of hydrogen-bond donors (Lipinski definition) is 0. The monoisotopic (exact) mass is 666 g/mol. The van der Waals surface area contributed by atoms with Crippen molar-refractivity contribution >= 4 is 28.9 Å². The molecule has 5 heteroatoms. The molecule has 0 saturated carbocycles. The van der Waals surface area contributed by atoms with Crippen molar-refractivity contribution in [1.29, 1.82) is 0 Å². The lowest BCUT2D eigenvalue weighted by Crippen LogP contribution is -2.20. The van der Waals surface area contributed by atoms with E-state index in [0.717, 1.165) is 47.1 Å². The maximum absolute atomic E-state index is 12.4. The molecule has 0 fully saturated rings. The van der Waals surface area contributed by atoms with Gasteiger partial charge in [0.15, 0.2) is 28.9 Å². The fourth-order valence-electron chi connectivity index (χ4n) is 6.87. The van der Waals surface area contributed by atoms with E-state index in [2.05, 4.69) is 19.1 Å². The van der Waals surface area contributed by atoms with Crippen LogP contribution >= 0.6 is 0 Å². The van der Waals surface area contributed by atoms with Crippen LogP contribution in [0.15, 0.2) is 133 Å². The molecule has 0 aromatic heterocycles. The molecule has 9 rings (SSSR count). The zero-order valence-corrected chi connectivity index (χ0v) is 28.4. The van der Waals surface area contributed by atoms with Crippen LogP contribution in [-0.4, -0.2) is 28.9 Å². The van der Waals surface area contributed by atoms with E-state index >= 15 is 0 Å². The standard InChI is InChI=1S/C16H12O2.C16H14O.C14H8O2/c1-2-10-7-8-13-14(9-10)16(18)12-6-4-3-5-11(12)15(13)17;1-2-11-7-8-13-10-12-5-3-4-6-14(12)16(17)15(13)9-11;15-13-9-5-1-2-6-10(9)14(16)12-8-4-3-7-11(12)13/h3-9H,2H2,1H3;3-9H,2,10H2,1H3;1-8H. The van der Waals surface area contributed by atoms with E-state index in [1.54, 1.807) is 78.9 Å². The van der Waals surface area contributed by atoms with Crippen molar-refractivity contribution < 1.29 is 24.0 Å². The molecule has 3 aliphatic rings. The van der Waals surface area contributed by atoms with Crippen molar-refractivity contribution in [2.75, 3.05) is 0 Å². The predicted molar refractivity (Wildman–Crippen MR) is 197 cm³/mol. The quantitative estimate of drug-likeness (QED) is 0.184. The molecule has 0 heterocycles. The van der Waals surface area contributed by atoms with Crippen molar-refractivity contribution in [3.63, 3.8) is 0 Å². The summed E-state index contributed by atoms with van der Waals surface area (Å²) in [5.41, 5.74) is 10.5. The SMILES string of the molecule is CCc1ccc2c(c1)C(=O)c1ccccc1C2.CCc1ccc2c(c1)C(=O)c1ccccc1C2=O.O=C1c2ccccc2C(=O)c2ccccc21. The van der Waals surface area contributed by atoms with Gasteiger partial charge in [-0.1, -0.05) is 135 Å². The molecule has 0 atom stereocenters. The predicted octanol–water partition coefficient (Wildman–Crippen LogP) is 8.87. The molecule has 0 radical (unpaired) electrons. The van der Waals surface area contributed by atoms with Gasteiger partial charge in [-0.2, -0.15) is 0 Å². The first kappa shape index (κ1) is 33.2. The highest BCUT2D eigenvalue weighted by Gasteiger charge is 2.30. The maximum Gasteiger partial charge on any atom is 0.194 e. The number of rotatable bonds is 2. The van der Waals surface area contributed by atoms with Gasteiger partial charge >= 0.3 is 0 Å². The minimum atomic E-state index is -0.0641. The van der Waals surface area contributed by atoms with E-state index in [4.69, 9.17) is 0 Å². The number of aryl methyl sites for hydroxylation is 2. The summed E-state index contributed by atoms with van der Waals surface area (Å²) in [5, 5.41) is 0. The molecule has 0 amide bonds. The number of carbonyl (C=O) groups excluding carboxylic acids is 5. The van der Waals surface area contributed by atoms with Crippen LogP contribution in [0, 0.1) is 0 Å². The third-order valence-electron chi connectivity index (χ3n) is 9.70. The lowest BCUT2D eigenvalue weighted by molar-refractivity contribution is 0.0979. The van der Waals surface area contributed by atoms with Crippen molar-refractivity contribution in [1.82, 2.24) is 0 Å². The van der Waals surface area contributed by atoms with E-state index in [-0.39, 0.29) is 28.9 Å². The molecule has 6 aromatic carbocycles. The highest BCUT2D eigenvalue weighted by atomic mass is 16.1. The van der Waals surface area contributed by atoms with Gasteiger partial charge < -0.3 is 0 Å². The van der Waals surface area contributed by atoms with Crippen LogP contribution in [0.5, 0.6) is 0 Å². The van der Waals surface area contributed by atoms with Gasteiger partial charge in [-0.3, -0.25) is 24.0 Å². The van der Waals surface area contributed by atoms with Gasteiger partial charge in [0.2, 0.25) is 0 Å². The summed E-state index contributed by atoms with van der Waals surface area (Å²) in [6, 6.07) is 40.6. The van der Waals surface area contributed by atoms with E-state index in [0.29, 0.717) is 44.5 Å². The van der Waals surface area contributed by atoms with Crippen molar-refractivity contribution in [2.24, 2.45) is 0 Å². The molecule has 6 aromatic rings. The number of benzene rings is 6. The maximum atomic E-state index is 12.4. The average molecular weight is 667 g/mol. The average Bonchev–Trinajstić information content (AvgIpc) is 3.19. The molecule has 5 nitrogen and oxygen atoms in total. The zero-order valence-electron chi connectivity index (χ0n) is 28.4. The number of carbonyl (C=O) groups is 5. The van der Waals surface area contributed by atoms with Gasteiger partial charge in [-0.05, 0) is 53.6 Å². The van der Waals surface area contributed by atoms with Crippen molar-refractivity contribution in [3.05, 3.63) is 211 Å². The Morgan fingerprint density at radius 1 is 0.333 bits per heavy atom. The normalized spacial score (nSPS) is 13.2. The number of ketones is 5. The Hall–Kier alpha value is -6.33. The first-order valence-corrected chi connectivity index (χ1v) is 17.1. The topological polar surface area (TPSA) is 85.3 Å². The van der Waals surface area contributed by atoms with Crippen LogP contribution in [-0.2, 0) is 19.3 Å². The summed E-state index contributed by atoms with van der Waals surface area (Å²) >= 11 is 0. The Morgan fingerprint density at radius 3 is 1.10 bits per heavy atom. The first-order chi connectivity index (χ1) is 24.8. The van der Waals surface area contributed by atoms with Crippen molar-refractivity contribution in [2.45, 2.75) is 33.1 Å². The summed E-state index contributed by atoms with van der Waals surface area (Å²) in [6.07, 6.45) is 2.71. The van der Waals surface area contributed by atoms with E-state index in [1.165, 1.54) is 5.56 Å². The van der Waals surface area contributed by atoms with Gasteiger partial charge in [0, 0.05) is 55.6 Å². The van der Waals surface area contributed by atoms with Crippen LogP contribution in [0.2, 0.25) is 0 Å². The Balaban J connectivity index is 0.000000120. The minimum Gasteiger partial charge on any atom is -0.289 e. The molecule has 0 aliphatic heterocycles. The molecule has 0 spiro atoms. The molecule has 248 valence electrons. The van der Waals surface area contributed by atoms with Crippen LogP contribution in [0.25, 0.3) is 0 Å². The minimum absolute atomic E-state index is 0.0458. The van der Waals surface area contributed by atoms with Crippen LogP contribution < -0.4 is 0 Å². The largest absolute Gasteiger partial charge is 0.289 e. The third-order valence-corrected chi connectivity index (χ3v) is 9.70. The lowest BCUT2D eigenvalue weighted by atomic mass is 9.83. The summed E-state index contributed by atoms with van der Waals surface area (Å²) in [4.78, 5) is 61.2. The fraction of sp³-hybridized carbons (Fsp3) is 0.109. The Labute approximate surface area is 296 Å². The summed E-state index contributed by atoms with van der Waals surface area (Å²) in [5.74, 6) is -0.0490. The van der Waals surface area contributed by atoms with Crippen molar-refractivity contribution in [3.8, 4) is 0 Å². The van der Waals surface area contributed by atoms with Gasteiger partial charge in [0.1, 0.15) is 0 Å². The Bertz CT molecular complexity index is 2310. The third kappa shape index (κ3) is 6.08. The summed E-state index contributed by atoms with van der Waals surface area (Å²) < 4.78 is 0. The summed E-state index contributed by atoms with van der Waals surface area (Å²) in [7, 11) is 0.